The van der Waals surface area contributed by atoms with Crippen LogP contribution in [0.25, 0.3) is 0 Å². The van der Waals surface area contributed by atoms with Crippen LogP contribution in [0.3, 0.4) is 0 Å². The second-order valence-corrected chi connectivity index (χ2v) is 6.89. The molecule has 166 valence electrons. The minimum atomic E-state index is -4.82. The molecule has 0 aliphatic heterocycles. The van der Waals surface area contributed by atoms with Gasteiger partial charge in [0, 0.05) is 16.7 Å². The lowest BCUT2D eigenvalue weighted by Crippen LogP contribution is -2.39. The molecule has 0 N–H and O–H groups in total. The number of alkyl halides is 3. The number of rotatable bonds is 8. The summed E-state index contributed by atoms with van der Waals surface area (Å²) < 4.78 is 50.2. The number of hydrogen-bond acceptors (Lipinski definition) is 5. The molecule has 2 aromatic carbocycles. The SMILES string of the molecule is C=CCC(C(=O)OCC)(c1cc(Cl)ccc1OC)c1ccc(C(F)(F)F)cc1[N+](=O)[O-]. The fraction of sp³-hybridized carbons (Fsp3) is 0.286. The Balaban J connectivity index is 3.02. The summed E-state index contributed by atoms with van der Waals surface area (Å²) in [5.41, 5.74) is -4.25. The summed E-state index contributed by atoms with van der Waals surface area (Å²) in [6.45, 7) is 5.08. The summed E-state index contributed by atoms with van der Waals surface area (Å²) in [4.78, 5) is 24.1. The molecule has 0 fully saturated rings. The fourth-order valence-electron chi connectivity index (χ4n) is 3.37. The molecule has 0 saturated carbocycles. The zero-order chi connectivity index (χ0) is 23.4. The normalized spacial score (nSPS) is 13.2. The van der Waals surface area contributed by atoms with Crippen LogP contribution in [-0.2, 0) is 21.1 Å². The van der Waals surface area contributed by atoms with Gasteiger partial charge in [0.1, 0.15) is 11.2 Å². The summed E-state index contributed by atoms with van der Waals surface area (Å²) in [6.07, 6.45) is -3.73. The predicted octanol–water partition coefficient (Wildman–Crippen LogP) is 5.70. The number of halogens is 4. The van der Waals surface area contributed by atoms with Gasteiger partial charge in [-0.15, -0.1) is 6.58 Å². The van der Waals surface area contributed by atoms with Crippen LogP contribution in [0, 0.1) is 10.1 Å². The second kappa shape index (κ2) is 9.38. The standard InChI is InChI=1S/C21H19ClF3NO5/c1-4-10-20(19(27)31-5-2,16-12-14(22)7-9-18(16)30-3)15-8-6-13(21(23,24)25)11-17(15)26(28)29/h4,6-9,11-12H,1,5,10H2,2-3H3. The molecule has 1 atom stereocenters. The van der Waals surface area contributed by atoms with E-state index in [4.69, 9.17) is 21.1 Å². The van der Waals surface area contributed by atoms with Crippen LogP contribution < -0.4 is 4.74 Å². The third kappa shape index (κ3) is 4.66. The van der Waals surface area contributed by atoms with Gasteiger partial charge in [0.2, 0.25) is 0 Å². The van der Waals surface area contributed by atoms with Crippen LogP contribution in [0.2, 0.25) is 5.02 Å². The lowest BCUT2D eigenvalue weighted by Gasteiger charge is -2.32. The molecule has 10 heteroatoms. The largest absolute Gasteiger partial charge is 0.496 e. The van der Waals surface area contributed by atoms with Gasteiger partial charge >= 0.3 is 12.1 Å². The van der Waals surface area contributed by atoms with Crippen LogP contribution in [0.15, 0.2) is 49.1 Å². The molecule has 2 rings (SSSR count). The van der Waals surface area contributed by atoms with Crippen LogP contribution in [0.4, 0.5) is 18.9 Å². The Morgan fingerprint density at radius 1 is 1.23 bits per heavy atom. The van der Waals surface area contributed by atoms with E-state index in [-0.39, 0.29) is 34.9 Å². The molecule has 0 bridgehead atoms. The topological polar surface area (TPSA) is 78.7 Å². The highest BCUT2D eigenvalue weighted by Gasteiger charge is 2.49. The quantitative estimate of drug-likeness (QED) is 0.220. The van der Waals surface area contributed by atoms with Crippen molar-refractivity contribution < 1.29 is 32.4 Å². The first kappa shape index (κ1) is 24.2. The van der Waals surface area contributed by atoms with E-state index in [1.54, 1.807) is 0 Å². The molecule has 1 unspecified atom stereocenters. The van der Waals surface area contributed by atoms with E-state index in [2.05, 4.69) is 6.58 Å². The molecular weight excluding hydrogens is 439 g/mol. The molecule has 2 aromatic rings. The summed E-state index contributed by atoms with van der Waals surface area (Å²) in [5.74, 6) is -0.771. The van der Waals surface area contributed by atoms with Gasteiger partial charge in [-0.3, -0.25) is 14.9 Å². The Hall–Kier alpha value is -3.07. The van der Waals surface area contributed by atoms with Gasteiger partial charge in [0.25, 0.3) is 5.69 Å². The number of benzene rings is 2. The number of esters is 1. The molecular formula is C21H19ClF3NO5. The van der Waals surface area contributed by atoms with Gasteiger partial charge in [0.15, 0.2) is 0 Å². The molecule has 0 amide bonds. The zero-order valence-electron chi connectivity index (χ0n) is 16.7. The Labute approximate surface area is 181 Å². The Kier molecular flexibility index (Phi) is 7.32. The van der Waals surface area contributed by atoms with Gasteiger partial charge in [0.05, 0.1) is 29.8 Å². The molecule has 0 aliphatic rings. The van der Waals surface area contributed by atoms with Crippen molar-refractivity contribution in [1.82, 2.24) is 0 Å². The van der Waals surface area contributed by atoms with Crippen molar-refractivity contribution in [2.45, 2.75) is 24.9 Å². The van der Waals surface area contributed by atoms with Crippen molar-refractivity contribution in [3.8, 4) is 5.75 Å². The number of ether oxygens (including phenoxy) is 2. The van der Waals surface area contributed by atoms with Crippen molar-refractivity contribution in [3.05, 3.63) is 80.9 Å². The maximum atomic E-state index is 13.3. The smallest absolute Gasteiger partial charge is 0.416 e. The highest BCUT2D eigenvalue weighted by molar-refractivity contribution is 6.30. The monoisotopic (exact) mass is 457 g/mol. The van der Waals surface area contributed by atoms with E-state index in [9.17, 15) is 28.1 Å². The number of allylic oxidation sites excluding steroid dienone is 1. The first-order valence-corrected chi connectivity index (χ1v) is 9.39. The van der Waals surface area contributed by atoms with Crippen LogP contribution >= 0.6 is 11.6 Å². The summed E-state index contributed by atoms with van der Waals surface area (Å²) in [7, 11) is 1.32. The summed E-state index contributed by atoms with van der Waals surface area (Å²) >= 11 is 6.12. The summed E-state index contributed by atoms with van der Waals surface area (Å²) in [5, 5.41) is 12.0. The Morgan fingerprint density at radius 2 is 1.90 bits per heavy atom. The molecule has 0 radical (unpaired) electrons. The van der Waals surface area contributed by atoms with Crippen molar-refractivity contribution >= 4 is 23.3 Å². The van der Waals surface area contributed by atoms with Gasteiger partial charge in [-0.05, 0) is 37.6 Å². The van der Waals surface area contributed by atoms with Gasteiger partial charge in [-0.1, -0.05) is 23.7 Å². The van der Waals surface area contributed by atoms with E-state index in [1.165, 1.54) is 38.3 Å². The van der Waals surface area contributed by atoms with E-state index < -0.39 is 33.7 Å². The van der Waals surface area contributed by atoms with Crippen LogP contribution in [0.1, 0.15) is 30.0 Å². The maximum absolute atomic E-state index is 13.3. The molecule has 31 heavy (non-hydrogen) atoms. The van der Waals surface area contributed by atoms with Gasteiger partial charge in [-0.25, -0.2) is 0 Å². The number of carbonyl (C=O) groups is 1. The fourth-order valence-corrected chi connectivity index (χ4v) is 3.54. The van der Waals surface area contributed by atoms with Crippen LogP contribution in [-0.4, -0.2) is 24.6 Å². The molecule has 0 heterocycles. The molecule has 0 aromatic heterocycles. The number of nitro groups is 1. The van der Waals surface area contributed by atoms with Crippen LogP contribution in [0.5, 0.6) is 5.75 Å². The highest BCUT2D eigenvalue weighted by atomic mass is 35.5. The molecule has 6 nitrogen and oxygen atoms in total. The van der Waals surface area contributed by atoms with Crippen molar-refractivity contribution in [1.29, 1.82) is 0 Å². The first-order valence-electron chi connectivity index (χ1n) is 9.01. The second-order valence-electron chi connectivity index (χ2n) is 6.45. The lowest BCUT2D eigenvalue weighted by molar-refractivity contribution is -0.386. The van der Waals surface area contributed by atoms with Gasteiger partial charge in [-0.2, -0.15) is 13.2 Å². The minimum Gasteiger partial charge on any atom is -0.496 e. The zero-order valence-corrected chi connectivity index (χ0v) is 17.4. The van der Waals surface area contributed by atoms with Crippen molar-refractivity contribution in [2.75, 3.05) is 13.7 Å². The van der Waals surface area contributed by atoms with Gasteiger partial charge < -0.3 is 9.47 Å². The predicted molar refractivity (Wildman–Crippen MR) is 108 cm³/mol. The third-order valence-corrected chi connectivity index (χ3v) is 4.91. The average Bonchev–Trinajstić information content (AvgIpc) is 2.71. The highest BCUT2D eigenvalue weighted by Crippen LogP contribution is 2.47. The molecule has 0 spiro atoms. The van der Waals surface area contributed by atoms with E-state index in [0.29, 0.717) is 12.1 Å². The van der Waals surface area contributed by atoms with E-state index in [1.807, 2.05) is 0 Å². The molecule has 0 saturated heterocycles. The number of nitro benzene ring substituents is 1. The lowest BCUT2D eigenvalue weighted by atomic mass is 9.70. The Morgan fingerprint density at radius 3 is 2.42 bits per heavy atom. The average molecular weight is 458 g/mol. The number of methoxy groups -OCH3 is 1. The van der Waals surface area contributed by atoms with Crippen molar-refractivity contribution in [3.63, 3.8) is 0 Å². The summed E-state index contributed by atoms with van der Waals surface area (Å²) in [6, 6.07) is 6.27. The molecule has 0 aliphatic carbocycles. The third-order valence-electron chi connectivity index (χ3n) is 4.68. The van der Waals surface area contributed by atoms with Crippen molar-refractivity contribution in [2.24, 2.45) is 0 Å². The number of nitrogens with zero attached hydrogens (tertiary/aromatic N) is 1. The number of hydrogen-bond donors (Lipinski definition) is 0. The van der Waals surface area contributed by atoms with E-state index >= 15 is 0 Å². The number of carbonyl (C=O) groups excluding carboxylic acids is 1. The maximum Gasteiger partial charge on any atom is 0.416 e. The minimum absolute atomic E-state index is 0.0744. The van der Waals surface area contributed by atoms with E-state index in [0.717, 1.165) is 6.07 Å². The first-order chi connectivity index (χ1) is 14.5. The Bertz CT molecular complexity index is 1010.